The van der Waals surface area contributed by atoms with E-state index in [0.717, 1.165) is 30.3 Å². The van der Waals surface area contributed by atoms with Crippen molar-refractivity contribution in [3.05, 3.63) is 0 Å². The second-order valence-electron chi connectivity index (χ2n) is 12.2. The highest BCUT2D eigenvalue weighted by Crippen LogP contribution is 2.82. The fourth-order valence-electron chi connectivity index (χ4n) is 10.3. The van der Waals surface area contributed by atoms with Gasteiger partial charge in [0.2, 0.25) is 0 Å². The van der Waals surface area contributed by atoms with Crippen LogP contribution >= 0.6 is 0 Å². The minimum Gasteiger partial charge on any atom is -0.390 e. The Bertz CT molecular complexity index is 660. The summed E-state index contributed by atoms with van der Waals surface area (Å²) < 4.78 is 11.7. The summed E-state index contributed by atoms with van der Waals surface area (Å²) in [5.41, 5.74) is 1.45. The van der Waals surface area contributed by atoms with Gasteiger partial charge in [-0.2, -0.15) is 0 Å². The summed E-state index contributed by atoms with van der Waals surface area (Å²) in [7, 11) is 1.99. The zero-order valence-corrected chi connectivity index (χ0v) is 18.3. The Kier molecular flexibility index (Phi) is 3.84. The van der Waals surface area contributed by atoms with Crippen molar-refractivity contribution in [3.8, 4) is 0 Å². The van der Waals surface area contributed by atoms with Gasteiger partial charge in [-0.3, -0.25) is 0 Å². The molecule has 0 unspecified atom stereocenters. The lowest BCUT2D eigenvalue weighted by Gasteiger charge is -2.61. The lowest BCUT2D eigenvalue weighted by molar-refractivity contribution is -0.162. The fourth-order valence-corrected chi connectivity index (χ4v) is 10.3. The van der Waals surface area contributed by atoms with Gasteiger partial charge in [-0.25, -0.2) is 0 Å². The van der Waals surface area contributed by atoms with Crippen molar-refractivity contribution in [1.82, 2.24) is 0 Å². The SMILES string of the molecule is CO[C@@H]1C[C@H]2[C@@H]3CC[C@H]([C@H](C)[C@@H](O)[C@@H]4CO4)[C@@]3(C)CC[C@@H]2[C@@]2(C)CC[C@@H]3C[C@]312. The average molecular weight is 389 g/mol. The van der Waals surface area contributed by atoms with Gasteiger partial charge in [0.1, 0.15) is 6.10 Å². The molecule has 6 rings (SSSR count). The first kappa shape index (κ1) is 18.6. The number of aliphatic hydroxyl groups excluding tert-OH is 1. The second kappa shape index (κ2) is 5.77. The zero-order valence-electron chi connectivity index (χ0n) is 18.3. The van der Waals surface area contributed by atoms with E-state index in [9.17, 15) is 5.11 Å². The van der Waals surface area contributed by atoms with Crippen LogP contribution in [0.4, 0.5) is 0 Å². The van der Waals surface area contributed by atoms with Gasteiger partial charge in [0.05, 0.1) is 18.8 Å². The highest BCUT2D eigenvalue weighted by molar-refractivity contribution is 5.26. The van der Waals surface area contributed by atoms with Gasteiger partial charge in [0.15, 0.2) is 0 Å². The minimum atomic E-state index is -0.265. The summed E-state index contributed by atoms with van der Waals surface area (Å²) >= 11 is 0. The third kappa shape index (κ3) is 2.07. The van der Waals surface area contributed by atoms with Crippen molar-refractivity contribution in [3.63, 3.8) is 0 Å². The third-order valence-electron chi connectivity index (χ3n) is 11.8. The molecule has 28 heavy (non-hydrogen) atoms. The molecule has 5 saturated carbocycles. The van der Waals surface area contributed by atoms with Gasteiger partial charge in [-0.15, -0.1) is 0 Å². The Morgan fingerprint density at radius 2 is 1.86 bits per heavy atom. The molecule has 0 radical (unpaired) electrons. The number of hydrogen-bond acceptors (Lipinski definition) is 3. The Balaban J connectivity index is 1.30. The molecule has 6 aliphatic rings. The summed E-state index contributed by atoms with van der Waals surface area (Å²) in [6.45, 7) is 8.32. The summed E-state index contributed by atoms with van der Waals surface area (Å²) in [5.74, 6) is 4.56. The third-order valence-corrected chi connectivity index (χ3v) is 11.8. The topological polar surface area (TPSA) is 42.0 Å². The molecule has 3 nitrogen and oxygen atoms in total. The van der Waals surface area contributed by atoms with Gasteiger partial charge in [-0.1, -0.05) is 20.8 Å². The molecule has 0 bridgehead atoms. The first-order valence-corrected chi connectivity index (χ1v) is 12.2. The number of ether oxygens (including phenoxy) is 2. The van der Waals surface area contributed by atoms with Crippen LogP contribution in [0.3, 0.4) is 0 Å². The molecular weight excluding hydrogens is 348 g/mol. The predicted octanol–water partition coefficient (Wildman–Crippen LogP) is 4.67. The van der Waals surface area contributed by atoms with Crippen molar-refractivity contribution < 1.29 is 14.6 Å². The Morgan fingerprint density at radius 3 is 2.54 bits per heavy atom. The molecule has 0 aromatic carbocycles. The Hall–Kier alpha value is -0.120. The molecule has 1 heterocycles. The number of methoxy groups -OCH3 is 1. The normalized spacial score (nSPS) is 61.0. The number of hydrogen-bond donors (Lipinski definition) is 1. The molecule has 0 amide bonds. The van der Waals surface area contributed by atoms with Crippen LogP contribution in [0.25, 0.3) is 0 Å². The first-order valence-electron chi connectivity index (χ1n) is 12.2. The van der Waals surface area contributed by atoms with Crippen LogP contribution in [0.15, 0.2) is 0 Å². The largest absolute Gasteiger partial charge is 0.390 e. The second-order valence-corrected chi connectivity index (χ2v) is 12.2. The van der Waals surface area contributed by atoms with E-state index < -0.39 is 0 Å². The van der Waals surface area contributed by atoms with Gasteiger partial charge >= 0.3 is 0 Å². The van der Waals surface area contributed by atoms with Gasteiger partial charge in [0.25, 0.3) is 0 Å². The standard InChI is InChI=1S/C25H40O3/c1-14(22(26)20-13-28-20)17-5-6-18-16-11-21(27-4)25-12-15(25)7-10-24(25,3)19(16)8-9-23(17,18)2/h14-22,26H,5-13H2,1-4H3/t14-,15+,16-,17+,18-,19-,20-,21+,22+,23+,24+,25-/m0/s1. The quantitative estimate of drug-likeness (QED) is 0.712. The van der Waals surface area contributed by atoms with Gasteiger partial charge < -0.3 is 14.6 Å². The molecule has 6 fully saturated rings. The predicted molar refractivity (Wildman–Crippen MR) is 109 cm³/mol. The number of epoxide rings is 1. The van der Waals surface area contributed by atoms with E-state index >= 15 is 0 Å². The summed E-state index contributed by atoms with van der Waals surface area (Å²) in [5, 5.41) is 10.8. The number of rotatable bonds is 4. The fraction of sp³-hybridized carbons (Fsp3) is 1.00. The smallest absolute Gasteiger partial charge is 0.107 e. The molecule has 3 heteroatoms. The van der Waals surface area contributed by atoms with Gasteiger partial charge in [0, 0.05) is 12.5 Å². The van der Waals surface area contributed by atoms with Gasteiger partial charge in [-0.05, 0) is 97.7 Å². The van der Waals surface area contributed by atoms with E-state index in [-0.39, 0.29) is 12.2 Å². The maximum atomic E-state index is 10.8. The maximum Gasteiger partial charge on any atom is 0.107 e. The van der Waals surface area contributed by atoms with Crippen molar-refractivity contribution in [2.45, 2.75) is 90.4 Å². The molecule has 1 spiro atoms. The molecular formula is C25H40O3. The monoisotopic (exact) mass is 388 g/mol. The highest BCUT2D eigenvalue weighted by Gasteiger charge is 2.77. The van der Waals surface area contributed by atoms with Crippen molar-refractivity contribution >= 4 is 0 Å². The van der Waals surface area contributed by atoms with Crippen LogP contribution in [-0.2, 0) is 9.47 Å². The van der Waals surface area contributed by atoms with Crippen LogP contribution < -0.4 is 0 Å². The van der Waals surface area contributed by atoms with Crippen LogP contribution in [0, 0.1) is 51.8 Å². The van der Waals surface area contributed by atoms with E-state index in [1.54, 1.807) is 0 Å². The maximum absolute atomic E-state index is 10.8. The summed E-state index contributed by atoms with van der Waals surface area (Å²) in [6, 6.07) is 0. The van der Waals surface area contributed by atoms with Crippen molar-refractivity contribution in [2.24, 2.45) is 51.8 Å². The minimum absolute atomic E-state index is 0.116. The zero-order chi connectivity index (χ0) is 19.5. The summed E-state index contributed by atoms with van der Waals surface area (Å²) in [6.07, 6.45) is 11.5. The average Bonchev–Trinajstić information content (AvgIpc) is 3.58. The molecule has 12 atom stereocenters. The molecule has 5 aliphatic carbocycles. The van der Waals surface area contributed by atoms with E-state index in [2.05, 4.69) is 20.8 Å². The summed E-state index contributed by atoms with van der Waals surface area (Å²) in [4.78, 5) is 0. The molecule has 158 valence electrons. The first-order chi connectivity index (χ1) is 13.4. The van der Waals surface area contributed by atoms with Crippen LogP contribution in [0.1, 0.15) is 72.1 Å². The highest BCUT2D eigenvalue weighted by atomic mass is 16.6. The van der Waals surface area contributed by atoms with E-state index in [1.807, 2.05) is 7.11 Å². The van der Waals surface area contributed by atoms with Crippen LogP contribution in [0.2, 0.25) is 0 Å². The Labute approximate surface area is 170 Å². The lowest BCUT2D eigenvalue weighted by atomic mass is 9.45. The van der Waals surface area contributed by atoms with Crippen molar-refractivity contribution in [1.29, 1.82) is 0 Å². The van der Waals surface area contributed by atoms with E-state index in [0.29, 0.717) is 34.2 Å². The van der Waals surface area contributed by atoms with E-state index in [1.165, 1.54) is 51.4 Å². The van der Waals surface area contributed by atoms with Crippen LogP contribution in [-0.4, -0.2) is 37.1 Å². The number of fused-ring (bicyclic) bond motifs is 4. The number of aliphatic hydroxyl groups is 1. The molecule has 0 aromatic rings. The molecule has 0 aromatic heterocycles. The van der Waals surface area contributed by atoms with Crippen LogP contribution in [0.5, 0.6) is 0 Å². The molecule has 1 saturated heterocycles. The molecule has 1 aliphatic heterocycles. The lowest BCUT2D eigenvalue weighted by Crippen LogP contribution is -2.57. The van der Waals surface area contributed by atoms with Crippen molar-refractivity contribution in [2.75, 3.05) is 13.7 Å². The molecule has 1 N–H and O–H groups in total. The Morgan fingerprint density at radius 1 is 1.07 bits per heavy atom. The van der Waals surface area contributed by atoms with E-state index in [4.69, 9.17) is 9.47 Å².